The van der Waals surface area contributed by atoms with Crippen molar-refractivity contribution in [1.29, 1.82) is 0 Å². The molecule has 1 heterocycles. The lowest BCUT2D eigenvalue weighted by molar-refractivity contribution is 0.0948. The molecule has 0 spiro atoms. The topological polar surface area (TPSA) is 78.3 Å². The standard InChI is InChI=1S/C20H21ClN4O3/c1-13-19(23-24-25(13)16-6-4-5-15(21)12-16)20(26)22-10-9-14-7-8-17(27-2)18(11-14)28-3/h4-8,11-12H,9-10H2,1-3H3,(H,22,26). The fraction of sp³-hybridized carbons (Fsp3) is 0.250. The predicted octanol–water partition coefficient (Wildman–Crippen LogP) is 3.22. The van der Waals surface area contributed by atoms with E-state index in [9.17, 15) is 4.79 Å². The minimum Gasteiger partial charge on any atom is -0.493 e. The fourth-order valence-corrected chi connectivity index (χ4v) is 3.02. The second-order valence-corrected chi connectivity index (χ2v) is 6.55. The highest BCUT2D eigenvalue weighted by Gasteiger charge is 2.17. The van der Waals surface area contributed by atoms with Crippen molar-refractivity contribution in [3.8, 4) is 17.2 Å². The van der Waals surface area contributed by atoms with Crippen molar-refractivity contribution in [2.45, 2.75) is 13.3 Å². The van der Waals surface area contributed by atoms with Crippen molar-refractivity contribution in [3.63, 3.8) is 0 Å². The lowest BCUT2D eigenvalue weighted by Crippen LogP contribution is -2.26. The fourth-order valence-electron chi connectivity index (χ4n) is 2.83. The molecule has 3 rings (SSSR count). The quantitative estimate of drug-likeness (QED) is 0.658. The molecule has 0 unspecified atom stereocenters. The molecule has 0 atom stereocenters. The Morgan fingerprint density at radius 2 is 1.93 bits per heavy atom. The highest BCUT2D eigenvalue weighted by molar-refractivity contribution is 6.30. The first-order valence-electron chi connectivity index (χ1n) is 8.71. The molecule has 0 fully saturated rings. The zero-order chi connectivity index (χ0) is 20.1. The maximum absolute atomic E-state index is 12.5. The minimum atomic E-state index is -0.272. The summed E-state index contributed by atoms with van der Waals surface area (Å²) in [7, 11) is 3.19. The van der Waals surface area contributed by atoms with Gasteiger partial charge in [-0.1, -0.05) is 28.9 Å². The van der Waals surface area contributed by atoms with Gasteiger partial charge >= 0.3 is 0 Å². The van der Waals surface area contributed by atoms with E-state index >= 15 is 0 Å². The summed E-state index contributed by atoms with van der Waals surface area (Å²) >= 11 is 6.03. The average Bonchev–Trinajstić information content (AvgIpc) is 3.09. The number of halogens is 1. The highest BCUT2D eigenvalue weighted by Crippen LogP contribution is 2.27. The van der Waals surface area contributed by atoms with E-state index in [1.54, 1.807) is 38.0 Å². The Hall–Kier alpha value is -3.06. The zero-order valence-corrected chi connectivity index (χ0v) is 16.7. The van der Waals surface area contributed by atoms with E-state index in [-0.39, 0.29) is 11.6 Å². The van der Waals surface area contributed by atoms with Crippen LogP contribution in [0.1, 0.15) is 21.7 Å². The molecule has 0 aliphatic heterocycles. The first-order valence-corrected chi connectivity index (χ1v) is 9.08. The summed E-state index contributed by atoms with van der Waals surface area (Å²) in [6.07, 6.45) is 0.646. The number of hydrogen-bond acceptors (Lipinski definition) is 5. The van der Waals surface area contributed by atoms with Crippen LogP contribution in [0.25, 0.3) is 5.69 Å². The Labute approximate surface area is 168 Å². The molecule has 8 heteroatoms. The molecule has 1 aromatic heterocycles. The summed E-state index contributed by atoms with van der Waals surface area (Å²) < 4.78 is 12.1. The number of benzene rings is 2. The van der Waals surface area contributed by atoms with Gasteiger partial charge in [0.25, 0.3) is 5.91 Å². The van der Waals surface area contributed by atoms with Crippen molar-refractivity contribution >= 4 is 17.5 Å². The zero-order valence-electron chi connectivity index (χ0n) is 15.9. The number of nitrogens with zero attached hydrogens (tertiary/aromatic N) is 3. The van der Waals surface area contributed by atoms with Gasteiger partial charge in [0.05, 0.1) is 25.6 Å². The summed E-state index contributed by atoms with van der Waals surface area (Å²) in [6, 6.07) is 12.9. The molecule has 0 radical (unpaired) electrons. The van der Waals surface area contributed by atoms with Gasteiger partial charge in [0, 0.05) is 11.6 Å². The van der Waals surface area contributed by atoms with Crippen LogP contribution in [0.2, 0.25) is 5.02 Å². The van der Waals surface area contributed by atoms with Gasteiger partial charge in [-0.3, -0.25) is 4.79 Å². The molecule has 0 aliphatic rings. The molecular weight excluding hydrogens is 380 g/mol. The third kappa shape index (κ3) is 4.26. The van der Waals surface area contributed by atoms with Crippen LogP contribution < -0.4 is 14.8 Å². The van der Waals surface area contributed by atoms with Crippen molar-refractivity contribution < 1.29 is 14.3 Å². The molecule has 3 aromatic rings. The van der Waals surface area contributed by atoms with Crippen LogP contribution in [0.3, 0.4) is 0 Å². The monoisotopic (exact) mass is 400 g/mol. The van der Waals surface area contributed by atoms with Crippen molar-refractivity contribution in [1.82, 2.24) is 20.3 Å². The number of carbonyl (C=O) groups is 1. The van der Waals surface area contributed by atoms with E-state index in [0.29, 0.717) is 35.2 Å². The van der Waals surface area contributed by atoms with Gasteiger partial charge in [-0.25, -0.2) is 4.68 Å². The van der Waals surface area contributed by atoms with Crippen molar-refractivity contribution in [3.05, 3.63) is 64.4 Å². The van der Waals surface area contributed by atoms with E-state index in [1.807, 2.05) is 30.3 Å². The highest BCUT2D eigenvalue weighted by atomic mass is 35.5. The molecule has 28 heavy (non-hydrogen) atoms. The second kappa shape index (κ2) is 8.75. The molecule has 1 N–H and O–H groups in total. The molecule has 0 bridgehead atoms. The average molecular weight is 401 g/mol. The third-order valence-corrected chi connectivity index (χ3v) is 4.54. The number of nitrogens with one attached hydrogen (secondary N) is 1. The van der Waals surface area contributed by atoms with Crippen LogP contribution in [0.15, 0.2) is 42.5 Å². The lowest BCUT2D eigenvalue weighted by atomic mass is 10.1. The second-order valence-electron chi connectivity index (χ2n) is 6.11. The summed E-state index contributed by atoms with van der Waals surface area (Å²) in [6.45, 7) is 2.25. The summed E-state index contributed by atoms with van der Waals surface area (Å²) in [5, 5.41) is 11.6. The van der Waals surface area contributed by atoms with Gasteiger partial charge in [0.15, 0.2) is 17.2 Å². The van der Waals surface area contributed by atoms with E-state index in [4.69, 9.17) is 21.1 Å². The Kier molecular flexibility index (Phi) is 6.16. The number of methoxy groups -OCH3 is 2. The number of aromatic nitrogens is 3. The molecule has 0 aliphatic carbocycles. The van der Waals surface area contributed by atoms with E-state index < -0.39 is 0 Å². The number of hydrogen-bond donors (Lipinski definition) is 1. The van der Waals surface area contributed by atoms with Gasteiger partial charge in [0.1, 0.15) is 0 Å². The molecular formula is C20H21ClN4O3. The maximum atomic E-state index is 12.5. The number of carbonyl (C=O) groups excluding carboxylic acids is 1. The van der Waals surface area contributed by atoms with E-state index in [0.717, 1.165) is 11.3 Å². The first kappa shape index (κ1) is 19.7. The Balaban J connectivity index is 1.64. The molecule has 7 nitrogen and oxygen atoms in total. The molecule has 1 amide bonds. The molecule has 0 saturated heterocycles. The smallest absolute Gasteiger partial charge is 0.273 e. The van der Waals surface area contributed by atoms with Crippen LogP contribution in [0.5, 0.6) is 11.5 Å². The van der Waals surface area contributed by atoms with Crippen LogP contribution in [0.4, 0.5) is 0 Å². The summed E-state index contributed by atoms with van der Waals surface area (Å²) in [5.41, 5.74) is 2.71. The largest absolute Gasteiger partial charge is 0.493 e. The van der Waals surface area contributed by atoms with E-state index in [2.05, 4.69) is 15.6 Å². The lowest BCUT2D eigenvalue weighted by Gasteiger charge is -2.10. The number of rotatable bonds is 7. The van der Waals surface area contributed by atoms with Gasteiger partial charge in [0.2, 0.25) is 0 Å². The molecule has 2 aromatic carbocycles. The van der Waals surface area contributed by atoms with Crippen LogP contribution >= 0.6 is 11.6 Å². The van der Waals surface area contributed by atoms with Crippen molar-refractivity contribution in [2.75, 3.05) is 20.8 Å². The molecule has 146 valence electrons. The maximum Gasteiger partial charge on any atom is 0.273 e. The minimum absolute atomic E-state index is 0.272. The summed E-state index contributed by atoms with van der Waals surface area (Å²) in [4.78, 5) is 12.5. The normalized spacial score (nSPS) is 10.6. The van der Waals surface area contributed by atoms with Gasteiger partial charge < -0.3 is 14.8 Å². The first-order chi connectivity index (χ1) is 13.5. The molecule has 0 saturated carbocycles. The van der Waals surface area contributed by atoms with Gasteiger partial charge in [-0.2, -0.15) is 0 Å². The third-order valence-electron chi connectivity index (χ3n) is 4.31. The van der Waals surface area contributed by atoms with Gasteiger partial charge in [-0.15, -0.1) is 5.10 Å². The Bertz CT molecular complexity index is 987. The Morgan fingerprint density at radius 1 is 1.14 bits per heavy atom. The van der Waals surface area contributed by atoms with Crippen LogP contribution in [-0.2, 0) is 6.42 Å². The number of amides is 1. The Morgan fingerprint density at radius 3 is 2.64 bits per heavy atom. The predicted molar refractivity (Wildman–Crippen MR) is 107 cm³/mol. The summed E-state index contributed by atoms with van der Waals surface area (Å²) in [5.74, 6) is 1.06. The van der Waals surface area contributed by atoms with Crippen molar-refractivity contribution in [2.24, 2.45) is 0 Å². The van der Waals surface area contributed by atoms with E-state index in [1.165, 1.54) is 0 Å². The van der Waals surface area contributed by atoms with Gasteiger partial charge in [-0.05, 0) is 49.2 Å². The SMILES string of the molecule is COc1ccc(CCNC(=O)c2nnn(-c3cccc(Cl)c3)c2C)cc1OC. The number of ether oxygens (including phenoxy) is 2. The van der Waals surface area contributed by atoms with Crippen LogP contribution in [0, 0.1) is 6.92 Å². The van der Waals surface area contributed by atoms with Crippen LogP contribution in [-0.4, -0.2) is 41.7 Å².